The Kier molecular flexibility index (Phi) is 3.02. The molecule has 0 spiro atoms. The monoisotopic (exact) mass is 220 g/mol. The molecule has 1 aromatic rings. The lowest BCUT2D eigenvalue weighted by molar-refractivity contribution is 0.251. The predicted molar refractivity (Wildman–Crippen MR) is 58.7 cm³/mol. The Bertz CT molecular complexity index is 397. The van der Waals surface area contributed by atoms with Gasteiger partial charge in [-0.15, -0.1) is 0 Å². The zero-order chi connectivity index (χ0) is 11.5. The summed E-state index contributed by atoms with van der Waals surface area (Å²) in [5.41, 5.74) is 6.11. The van der Waals surface area contributed by atoms with Crippen LogP contribution in [0.15, 0.2) is 18.3 Å². The number of nitrogens with two attached hydrogens (primary N) is 1. The Morgan fingerprint density at radius 3 is 2.94 bits per heavy atom. The molecule has 0 bridgehead atoms. The molecule has 0 saturated carbocycles. The molecule has 1 saturated heterocycles. The Morgan fingerprint density at radius 1 is 1.56 bits per heavy atom. The first-order valence-electron chi connectivity index (χ1n) is 5.21. The van der Waals surface area contributed by atoms with Gasteiger partial charge in [0.05, 0.1) is 12.1 Å². The zero-order valence-electron chi connectivity index (χ0n) is 8.81. The number of piperidine rings is 1. The van der Waals surface area contributed by atoms with Gasteiger partial charge in [-0.2, -0.15) is 5.26 Å². The summed E-state index contributed by atoms with van der Waals surface area (Å²) in [6.07, 6.45) is 1.12. The van der Waals surface area contributed by atoms with Crippen LogP contribution >= 0.6 is 0 Å². The van der Waals surface area contributed by atoms with E-state index in [9.17, 15) is 4.39 Å². The molecular formula is C11H13FN4. The van der Waals surface area contributed by atoms with Crippen LogP contribution in [0.5, 0.6) is 0 Å². The number of pyridine rings is 1. The van der Waals surface area contributed by atoms with Crippen LogP contribution in [0.4, 0.5) is 10.2 Å². The number of rotatable bonds is 1. The van der Waals surface area contributed by atoms with Crippen LogP contribution in [-0.4, -0.2) is 30.3 Å². The maximum Gasteiger partial charge on any atom is 0.133 e. The molecule has 0 aromatic carbocycles. The van der Waals surface area contributed by atoms with E-state index in [1.807, 2.05) is 11.0 Å². The van der Waals surface area contributed by atoms with Gasteiger partial charge in [-0.3, -0.25) is 0 Å². The van der Waals surface area contributed by atoms with E-state index < -0.39 is 6.17 Å². The van der Waals surface area contributed by atoms with Gasteiger partial charge in [-0.1, -0.05) is 0 Å². The largest absolute Gasteiger partial charge is 0.354 e. The minimum absolute atomic E-state index is 0.278. The Balaban J connectivity index is 2.10. The molecule has 16 heavy (non-hydrogen) atoms. The average Bonchev–Trinajstić information content (AvgIpc) is 2.33. The molecule has 84 valence electrons. The number of halogens is 1. The molecule has 5 heteroatoms. The van der Waals surface area contributed by atoms with Crippen molar-refractivity contribution in [1.82, 2.24) is 4.98 Å². The summed E-state index contributed by atoms with van der Waals surface area (Å²) in [6.45, 7) is 0.987. The maximum atomic E-state index is 13.4. The third kappa shape index (κ3) is 2.12. The Hall–Kier alpha value is -1.67. The highest BCUT2D eigenvalue weighted by Crippen LogP contribution is 2.18. The second-order valence-corrected chi connectivity index (χ2v) is 3.93. The van der Waals surface area contributed by atoms with Gasteiger partial charge in [0.15, 0.2) is 0 Å². The van der Waals surface area contributed by atoms with E-state index in [2.05, 4.69) is 4.98 Å². The maximum absolute atomic E-state index is 13.4. The molecule has 1 aliphatic heterocycles. The number of hydrogen-bond acceptors (Lipinski definition) is 4. The highest BCUT2D eigenvalue weighted by molar-refractivity contribution is 5.42. The molecule has 2 N–H and O–H groups in total. The average molecular weight is 220 g/mol. The summed E-state index contributed by atoms with van der Waals surface area (Å²) >= 11 is 0. The van der Waals surface area contributed by atoms with Gasteiger partial charge in [0.1, 0.15) is 18.1 Å². The molecule has 0 amide bonds. The van der Waals surface area contributed by atoms with Gasteiger partial charge in [-0.25, -0.2) is 9.37 Å². The number of aromatic nitrogens is 1. The van der Waals surface area contributed by atoms with Gasteiger partial charge >= 0.3 is 0 Å². The van der Waals surface area contributed by atoms with Crippen LogP contribution < -0.4 is 10.6 Å². The molecule has 1 aliphatic rings. The first-order valence-corrected chi connectivity index (χ1v) is 5.21. The zero-order valence-corrected chi connectivity index (χ0v) is 8.81. The fourth-order valence-electron chi connectivity index (χ4n) is 1.77. The van der Waals surface area contributed by atoms with Crippen LogP contribution in [-0.2, 0) is 0 Å². The van der Waals surface area contributed by atoms with Crippen LogP contribution in [0.2, 0.25) is 0 Å². The molecule has 0 aliphatic carbocycles. The lowest BCUT2D eigenvalue weighted by Crippen LogP contribution is -2.48. The van der Waals surface area contributed by atoms with E-state index in [1.54, 1.807) is 12.1 Å². The van der Waals surface area contributed by atoms with Crippen molar-refractivity contribution in [2.45, 2.75) is 18.6 Å². The normalized spacial score (nSPS) is 25.2. The number of nitriles is 1. The molecule has 2 atom stereocenters. The van der Waals surface area contributed by atoms with Gasteiger partial charge in [0.25, 0.3) is 0 Å². The van der Waals surface area contributed by atoms with Gasteiger partial charge < -0.3 is 10.6 Å². The topological polar surface area (TPSA) is 65.9 Å². The smallest absolute Gasteiger partial charge is 0.133 e. The summed E-state index contributed by atoms with van der Waals surface area (Å²) < 4.78 is 13.4. The molecule has 0 unspecified atom stereocenters. The first-order chi connectivity index (χ1) is 7.70. The van der Waals surface area contributed by atoms with Crippen LogP contribution in [0.1, 0.15) is 12.0 Å². The van der Waals surface area contributed by atoms with Crippen molar-refractivity contribution in [3.05, 3.63) is 23.9 Å². The Labute approximate surface area is 93.5 Å². The lowest BCUT2D eigenvalue weighted by Gasteiger charge is -2.33. The van der Waals surface area contributed by atoms with Crippen molar-refractivity contribution >= 4 is 5.82 Å². The Morgan fingerprint density at radius 2 is 2.38 bits per heavy atom. The predicted octanol–water partition coefficient (Wildman–Crippen LogP) is 0.829. The molecular weight excluding hydrogens is 207 g/mol. The summed E-state index contributed by atoms with van der Waals surface area (Å²) in [6, 6.07) is 5.05. The number of hydrogen-bond donors (Lipinski definition) is 1. The third-order valence-corrected chi connectivity index (χ3v) is 2.79. The van der Waals surface area contributed by atoms with Crippen molar-refractivity contribution in [3.63, 3.8) is 0 Å². The molecule has 2 rings (SSSR count). The van der Waals surface area contributed by atoms with E-state index in [0.717, 1.165) is 0 Å². The van der Waals surface area contributed by atoms with Crippen molar-refractivity contribution in [2.75, 3.05) is 18.0 Å². The van der Waals surface area contributed by atoms with Gasteiger partial charge in [0, 0.05) is 18.8 Å². The van der Waals surface area contributed by atoms with Crippen LogP contribution in [0, 0.1) is 11.3 Å². The minimum Gasteiger partial charge on any atom is -0.354 e. The SMILES string of the molecule is N#Cc1ccc(N2CC[C@@H](N)[C@H](F)C2)nc1. The quantitative estimate of drug-likeness (QED) is 0.761. The fourth-order valence-corrected chi connectivity index (χ4v) is 1.77. The van der Waals surface area contributed by atoms with Gasteiger partial charge in [-0.05, 0) is 18.6 Å². The summed E-state index contributed by atoms with van der Waals surface area (Å²) in [5, 5.41) is 8.64. The van der Waals surface area contributed by atoms with E-state index >= 15 is 0 Å². The number of anilines is 1. The molecule has 1 aromatic heterocycles. The van der Waals surface area contributed by atoms with Gasteiger partial charge in [0.2, 0.25) is 0 Å². The van der Waals surface area contributed by atoms with Crippen molar-refractivity contribution in [3.8, 4) is 6.07 Å². The van der Waals surface area contributed by atoms with E-state index in [0.29, 0.717) is 24.3 Å². The minimum atomic E-state index is -1.01. The van der Waals surface area contributed by atoms with Crippen molar-refractivity contribution in [2.24, 2.45) is 5.73 Å². The van der Waals surface area contributed by atoms with E-state index in [1.165, 1.54) is 6.20 Å². The van der Waals surface area contributed by atoms with Crippen molar-refractivity contribution < 1.29 is 4.39 Å². The van der Waals surface area contributed by atoms with Crippen LogP contribution in [0.3, 0.4) is 0 Å². The number of nitrogens with zero attached hydrogens (tertiary/aromatic N) is 3. The molecule has 2 heterocycles. The number of alkyl halides is 1. The third-order valence-electron chi connectivity index (χ3n) is 2.79. The second kappa shape index (κ2) is 4.45. The molecule has 4 nitrogen and oxygen atoms in total. The lowest BCUT2D eigenvalue weighted by atomic mass is 10.0. The molecule has 1 fully saturated rings. The standard InChI is InChI=1S/C11H13FN4/c12-9-7-16(4-3-10(9)14)11-2-1-8(5-13)6-15-11/h1-2,6,9-10H,3-4,7,14H2/t9-,10-/m1/s1. The fraction of sp³-hybridized carbons (Fsp3) is 0.455. The van der Waals surface area contributed by atoms with E-state index in [4.69, 9.17) is 11.0 Å². The van der Waals surface area contributed by atoms with Crippen molar-refractivity contribution in [1.29, 1.82) is 5.26 Å². The van der Waals surface area contributed by atoms with Crippen LogP contribution in [0.25, 0.3) is 0 Å². The highest BCUT2D eigenvalue weighted by atomic mass is 19.1. The molecule has 0 radical (unpaired) electrons. The van der Waals surface area contributed by atoms with E-state index in [-0.39, 0.29) is 12.6 Å². The summed E-state index contributed by atoms with van der Waals surface area (Å²) in [4.78, 5) is 5.98. The second-order valence-electron chi connectivity index (χ2n) is 3.93. The highest BCUT2D eigenvalue weighted by Gasteiger charge is 2.26. The summed E-state index contributed by atoms with van der Waals surface area (Å²) in [7, 11) is 0. The summed E-state index contributed by atoms with van der Waals surface area (Å²) in [5.74, 6) is 0.702. The first kappa shape index (κ1) is 10.8.